The van der Waals surface area contributed by atoms with Crippen LogP contribution in [0, 0.1) is 29.6 Å². The molecular weight excluding hydrogens is 838 g/mol. The summed E-state index contributed by atoms with van der Waals surface area (Å²) in [6.07, 6.45) is 7.12. The summed E-state index contributed by atoms with van der Waals surface area (Å²) in [4.78, 5) is 61.7. The zero-order valence-electron chi connectivity index (χ0n) is 35.5. The van der Waals surface area contributed by atoms with Gasteiger partial charge in [-0.15, -0.1) is 11.3 Å². The van der Waals surface area contributed by atoms with Crippen molar-refractivity contribution in [2.24, 2.45) is 4.99 Å². The van der Waals surface area contributed by atoms with Gasteiger partial charge >= 0.3 is 0 Å². The van der Waals surface area contributed by atoms with Crippen LogP contribution in [0.4, 0.5) is 10.7 Å². The number of amides is 4. The van der Waals surface area contributed by atoms with Crippen molar-refractivity contribution in [3.8, 4) is 11.8 Å². The third kappa shape index (κ3) is 9.32. The van der Waals surface area contributed by atoms with E-state index in [4.69, 9.17) is 22.0 Å². The Morgan fingerprint density at radius 3 is 2.57 bits per heavy atom. The molecular formula is C46H50ClN11O4S. The van der Waals surface area contributed by atoms with E-state index in [1.165, 1.54) is 11.3 Å². The van der Waals surface area contributed by atoms with E-state index >= 15 is 0 Å². The molecule has 2 aromatic heterocycles. The van der Waals surface area contributed by atoms with Crippen LogP contribution in [0.3, 0.4) is 0 Å². The summed E-state index contributed by atoms with van der Waals surface area (Å²) < 4.78 is 1.92. The van der Waals surface area contributed by atoms with Gasteiger partial charge in [-0.2, -0.15) is 5.10 Å². The Bertz CT molecular complexity index is 2580. The van der Waals surface area contributed by atoms with Crippen LogP contribution >= 0.6 is 22.9 Å². The summed E-state index contributed by atoms with van der Waals surface area (Å²) in [6, 6.07) is 11.9. The number of nitrogens with one attached hydrogen (secondary N) is 5. The lowest BCUT2D eigenvalue weighted by molar-refractivity contribution is -0.137. The maximum atomic E-state index is 13.3. The largest absolute Gasteiger partial charge is 0.382 e. The van der Waals surface area contributed by atoms with Gasteiger partial charge in [0.1, 0.15) is 28.8 Å². The van der Waals surface area contributed by atoms with Gasteiger partial charge in [-0.25, -0.2) is 0 Å². The summed E-state index contributed by atoms with van der Waals surface area (Å²) in [7, 11) is 0. The van der Waals surface area contributed by atoms with Crippen LogP contribution in [0.1, 0.15) is 95.4 Å². The molecule has 2 saturated heterocycles. The highest BCUT2D eigenvalue weighted by Crippen LogP contribution is 2.41. The quantitative estimate of drug-likeness (QED) is 0.0560. The van der Waals surface area contributed by atoms with Gasteiger partial charge in [0, 0.05) is 84.3 Å². The summed E-state index contributed by atoms with van der Waals surface area (Å²) in [6.45, 7) is 9.84. The molecule has 0 radical (unpaired) electrons. The van der Waals surface area contributed by atoms with Crippen molar-refractivity contribution in [1.82, 2.24) is 30.2 Å². The Morgan fingerprint density at radius 1 is 1.06 bits per heavy atom. The molecule has 0 spiro atoms. The Labute approximate surface area is 375 Å². The SMILES string of the molecule is CCNC(=O)C[C@@H]1N=C(c2ccc(Cl)cc2)c2c(sc(C#Cc3cnn(CCCN4CCC(Nc5cccc6c5CN(C5CCC(=O)NC5=O)C6=O)CC4)c3)c2C)N(C(C)=N)C1=N. The lowest BCUT2D eigenvalue weighted by atomic mass is 9.99. The number of aromatic nitrogens is 2. The lowest BCUT2D eigenvalue weighted by Gasteiger charge is -2.33. The molecule has 4 aromatic rings. The minimum atomic E-state index is -0.802. The van der Waals surface area contributed by atoms with Crippen LogP contribution < -0.4 is 20.9 Å². The second-order valence-corrected chi connectivity index (χ2v) is 17.7. The first kappa shape index (κ1) is 43.5. The molecule has 8 rings (SSSR count). The lowest BCUT2D eigenvalue weighted by Crippen LogP contribution is -2.52. The first-order chi connectivity index (χ1) is 30.4. The van der Waals surface area contributed by atoms with E-state index in [1.807, 2.05) is 55.1 Å². The van der Waals surface area contributed by atoms with Crippen LogP contribution in [-0.4, -0.2) is 105 Å². The van der Waals surface area contributed by atoms with Crippen LogP contribution in [0.25, 0.3) is 0 Å². The number of aliphatic imine (C=N–C) groups is 1. The van der Waals surface area contributed by atoms with Crippen molar-refractivity contribution in [1.29, 1.82) is 10.8 Å². The number of rotatable bonds is 11. The number of hydrogen-bond donors (Lipinski definition) is 5. The van der Waals surface area contributed by atoms with Gasteiger partial charge in [0.05, 0.1) is 28.8 Å². The Balaban J connectivity index is 0.885. The Kier molecular flexibility index (Phi) is 12.9. The number of carbonyl (C=O) groups excluding carboxylic acids is 4. The monoisotopic (exact) mass is 887 g/mol. The first-order valence-corrected chi connectivity index (χ1v) is 22.6. The van der Waals surface area contributed by atoms with Gasteiger partial charge in [-0.3, -0.25) is 49.9 Å². The fourth-order valence-electron chi connectivity index (χ4n) is 8.72. The number of likely N-dealkylation sites (tertiary alicyclic amines) is 1. The number of piperidine rings is 2. The van der Waals surface area contributed by atoms with Gasteiger partial charge in [-0.05, 0) is 82.8 Å². The molecule has 2 atom stereocenters. The predicted octanol–water partition coefficient (Wildman–Crippen LogP) is 5.56. The topological polar surface area (TPSA) is 192 Å². The van der Waals surface area contributed by atoms with E-state index in [0.717, 1.165) is 83.8 Å². The molecule has 6 heterocycles. The molecule has 4 aliphatic rings. The minimum Gasteiger partial charge on any atom is -0.382 e. The van der Waals surface area contributed by atoms with Crippen molar-refractivity contribution in [3.05, 3.63) is 98.1 Å². The van der Waals surface area contributed by atoms with E-state index in [0.29, 0.717) is 40.8 Å². The van der Waals surface area contributed by atoms with Crippen molar-refractivity contribution in [3.63, 3.8) is 0 Å². The zero-order chi connectivity index (χ0) is 44.4. The van der Waals surface area contributed by atoms with Crippen molar-refractivity contribution in [2.45, 2.75) is 90.5 Å². The third-order valence-corrected chi connectivity index (χ3v) is 13.4. The number of nitrogens with zero attached hydrogens (tertiary/aromatic N) is 6. The highest BCUT2D eigenvalue weighted by atomic mass is 35.5. The number of carbonyl (C=O) groups is 4. The molecule has 0 saturated carbocycles. The maximum Gasteiger partial charge on any atom is 0.255 e. The number of halogens is 1. The molecule has 1 unspecified atom stereocenters. The standard InChI is InChI=1S/C46H50ClN11O4S/c1-4-50-40(60)23-36-43(49)58(28(3)48)46-41(42(53-36)30-10-12-31(47)13-11-30)27(2)38(63-46)15-9-29-24-51-56(25-29)20-6-19-55-21-17-32(18-22-55)52-35-8-5-7-33-34(35)26-57(45(33)62)37-14-16-39(59)54-44(37)61/h5,7-8,10-13,24-25,32,36-37,48-49,52H,4,6,14,16-23,26H2,1-3H3,(H,50,60)(H,54,59,61)/t36-,37?/m0/s1. The molecule has 4 amide bonds. The number of hydrogen-bond acceptors (Lipinski definition) is 11. The maximum absolute atomic E-state index is 13.3. The van der Waals surface area contributed by atoms with Gasteiger partial charge in [0.15, 0.2) is 0 Å². The number of thiophene rings is 1. The highest BCUT2D eigenvalue weighted by Gasteiger charge is 2.40. The number of benzene rings is 2. The van der Waals surface area contributed by atoms with Gasteiger partial charge < -0.3 is 20.4 Å². The molecule has 17 heteroatoms. The first-order valence-electron chi connectivity index (χ1n) is 21.4. The van der Waals surface area contributed by atoms with Crippen LogP contribution in [0.15, 0.2) is 59.9 Å². The Morgan fingerprint density at radius 2 is 1.84 bits per heavy atom. The predicted molar refractivity (Wildman–Crippen MR) is 245 cm³/mol. The molecule has 4 aliphatic heterocycles. The molecule has 5 N–H and O–H groups in total. The highest BCUT2D eigenvalue weighted by molar-refractivity contribution is 7.17. The molecule has 0 aliphatic carbocycles. The fraction of sp³-hybridized carbons (Fsp3) is 0.391. The van der Waals surface area contributed by atoms with E-state index in [-0.39, 0.29) is 48.3 Å². The average Bonchev–Trinajstić information content (AvgIpc) is 3.92. The van der Waals surface area contributed by atoms with Gasteiger partial charge in [-0.1, -0.05) is 41.6 Å². The van der Waals surface area contributed by atoms with Crippen molar-refractivity contribution in [2.75, 3.05) is 36.4 Å². The summed E-state index contributed by atoms with van der Waals surface area (Å²) in [5, 5.41) is 32.6. The molecule has 63 heavy (non-hydrogen) atoms. The second-order valence-electron chi connectivity index (χ2n) is 16.3. The minimum absolute atomic E-state index is 0.0214. The summed E-state index contributed by atoms with van der Waals surface area (Å²) in [5.41, 5.74) is 6.29. The van der Waals surface area contributed by atoms with Gasteiger partial charge in [0.2, 0.25) is 17.7 Å². The number of imide groups is 1. The summed E-state index contributed by atoms with van der Waals surface area (Å²) >= 11 is 7.66. The molecule has 0 bridgehead atoms. The van der Waals surface area contributed by atoms with Crippen LogP contribution in [0.5, 0.6) is 0 Å². The fourth-order valence-corrected chi connectivity index (χ4v) is 10.1. The second kappa shape index (κ2) is 18.7. The van der Waals surface area contributed by atoms with E-state index in [2.05, 4.69) is 37.8 Å². The number of anilines is 2. The Hall–Kier alpha value is -6.15. The number of fused-ring (bicyclic) bond motifs is 2. The number of amidine groups is 2. The van der Waals surface area contributed by atoms with Crippen LogP contribution in [0.2, 0.25) is 5.02 Å². The molecule has 2 aromatic carbocycles. The third-order valence-electron chi connectivity index (χ3n) is 12.0. The molecule has 326 valence electrons. The molecule has 2 fully saturated rings. The van der Waals surface area contributed by atoms with Crippen LogP contribution in [-0.2, 0) is 27.5 Å². The van der Waals surface area contributed by atoms with Gasteiger partial charge in [0.25, 0.3) is 5.91 Å². The molecule has 15 nitrogen and oxygen atoms in total. The normalized spacial score (nSPS) is 19.1. The van der Waals surface area contributed by atoms with E-state index in [9.17, 15) is 24.6 Å². The summed E-state index contributed by atoms with van der Waals surface area (Å²) in [5.74, 6) is 5.76. The smallest absolute Gasteiger partial charge is 0.255 e. The van der Waals surface area contributed by atoms with Crippen molar-refractivity contribution < 1.29 is 19.2 Å². The van der Waals surface area contributed by atoms with Crippen molar-refractivity contribution >= 4 is 74.6 Å². The zero-order valence-corrected chi connectivity index (χ0v) is 37.1. The average molecular weight is 888 g/mol. The van der Waals surface area contributed by atoms with E-state index in [1.54, 1.807) is 35.1 Å². The number of aryl methyl sites for hydroxylation is 1. The van der Waals surface area contributed by atoms with E-state index < -0.39 is 18.0 Å².